The molecule has 2 aromatic carbocycles. The summed E-state index contributed by atoms with van der Waals surface area (Å²) in [6, 6.07) is 9.36. The number of anilines is 1. The van der Waals surface area contributed by atoms with Crippen molar-refractivity contribution in [3.63, 3.8) is 0 Å². The summed E-state index contributed by atoms with van der Waals surface area (Å²) in [6.07, 6.45) is 0. The monoisotopic (exact) mass is 367 g/mol. The van der Waals surface area contributed by atoms with Gasteiger partial charge in [0, 0.05) is 10.7 Å². The molecule has 24 heavy (non-hydrogen) atoms. The van der Waals surface area contributed by atoms with Gasteiger partial charge in [-0.2, -0.15) is 0 Å². The number of hydrogen-bond acceptors (Lipinski definition) is 4. The highest BCUT2D eigenvalue weighted by Gasteiger charge is 2.17. The van der Waals surface area contributed by atoms with E-state index in [1.807, 2.05) is 0 Å². The molecule has 0 heterocycles. The van der Waals surface area contributed by atoms with Crippen LogP contribution in [0.1, 0.15) is 27.6 Å². The fourth-order valence-corrected chi connectivity index (χ4v) is 2.64. The molecule has 0 saturated carbocycles. The lowest BCUT2D eigenvalue weighted by Gasteiger charge is -2.12. The lowest BCUT2D eigenvalue weighted by molar-refractivity contribution is 0.0526. The van der Waals surface area contributed by atoms with Gasteiger partial charge in [-0.1, -0.05) is 29.3 Å². The van der Waals surface area contributed by atoms with E-state index in [1.165, 1.54) is 25.3 Å². The molecule has 2 rings (SSSR count). The SMILES string of the molecule is CCOC(=O)c1cccc(NC(=O)c2cc(Cl)cc(Cl)c2OC)c1. The molecule has 0 radical (unpaired) electrons. The summed E-state index contributed by atoms with van der Waals surface area (Å²) in [5.41, 5.74) is 0.964. The summed E-state index contributed by atoms with van der Waals surface area (Å²) < 4.78 is 10.1. The molecule has 0 aliphatic carbocycles. The van der Waals surface area contributed by atoms with Crippen molar-refractivity contribution < 1.29 is 19.1 Å². The number of halogens is 2. The van der Waals surface area contributed by atoms with Gasteiger partial charge in [0.15, 0.2) is 0 Å². The quantitative estimate of drug-likeness (QED) is 0.793. The van der Waals surface area contributed by atoms with Crippen LogP contribution >= 0.6 is 23.2 Å². The summed E-state index contributed by atoms with van der Waals surface area (Å²) in [4.78, 5) is 24.2. The summed E-state index contributed by atoms with van der Waals surface area (Å²) >= 11 is 12.0. The number of ether oxygens (including phenoxy) is 2. The van der Waals surface area contributed by atoms with Crippen molar-refractivity contribution in [3.8, 4) is 5.75 Å². The molecule has 1 N–H and O–H groups in total. The Balaban J connectivity index is 2.28. The van der Waals surface area contributed by atoms with Crippen molar-refractivity contribution >= 4 is 40.8 Å². The van der Waals surface area contributed by atoms with Crippen LogP contribution in [0.3, 0.4) is 0 Å². The smallest absolute Gasteiger partial charge is 0.338 e. The maximum atomic E-state index is 12.5. The Kier molecular flexibility index (Phi) is 6.06. The fraction of sp³-hybridized carbons (Fsp3) is 0.176. The van der Waals surface area contributed by atoms with Crippen LogP contribution in [0.2, 0.25) is 10.0 Å². The number of carbonyl (C=O) groups excluding carboxylic acids is 2. The van der Waals surface area contributed by atoms with E-state index in [4.69, 9.17) is 32.7 Å². The minimum Gasteiger partial charge on any atom is -0.494 e. The number of esters is 1. The first-order valence-corrected chi connectivity index (χ1v) is 7.83. The van der Waals surface area contributed by atoms with Crippen LogP contribution in [0.5, 0.6) is 5.75 Å². The van der Waals surface area contributed by atoms with Gasteiger partial charge >= 0.3 is 5.97 Å². The van der Waals surface area contributed by atoms with Gasteiger partial charge in [-0.05, 0) is 37.3 Å². The second-order valence-corrected chi connectivity index (χ2v) is 5.57. The Morgan fingerprint density at radius 2 is 1.92 bits per heavy atom. The van der Waals surface area contributed by atoms with Crippen molar-refractivity contribution in [2.45, 2.75) is 6.92 Å². The molecule has 1 amide bonds. The molecule has 2 aromatic rings. The lowest BCUT2D eigenvalue weighted by Crippen LogP contribution is -2.14. The van der Waals surface area contributed by atoms with Crippen LogP contribution in [0, 0.1) is 0 Å². The minimum absolute atomic E-state index is 0.191. The summed E-state index contributed by atoms with van der Waals surface area (Å²) in [5, 5.41) is 3.22. The Morgan fingerprint density at radius 1 is 1.17 bits per heavy atom. The van der Waals surface area contributed by atoms with Gasteiger partial charge < -0.3 is 14.8 Å². The normalized spacial score (nSPS) is 10.2. The van der Waals surface area contributed by atoms with Crippen molar-refractivity contribution in [1.29, 1.82) is 0 Å². The Morgan fingerprint density at radius 3 is 2.58 bits per heavy atom. The zero-order valence-electron chi connectivity index (χ0n) is 13.1. The summed E-state index contributed by atoms with van der Waals surface area (Å²) in [5.74, 6) is -0.700. The highest BCUT2D eigenvalue weighted by molar-refractivity contribution is 6.36. The molecule has 126 valence electrons. The molecule has 5 nitrogen and oxygen atoms in total. The number of nitrogens with one attached hydrogen (secondary N) is 1. The van der Waals surface area contributed by atoms with Crippen molar-refractivity contribution in [1.82, 2.24) is 0 Å². The minimum atomic E-state index is -0.461. The number of carbonyl (C=O) groups is 2. The molecule has 0 saturated heterocycles. The molecular formula is C17H15Cl2NO4. The third kappa shape index (κ3) is 4.19. The Labute approximate surface area is 149 Å². The van der Waals surface area contributed by atoms with Crippen molar-refractivity contribution in [2.24, 2.45) is 0 Å². The van der Waals surface area contributed by atoms with E-state index < -0.39 is 11.9 Å². The van der Waals surface area contributed by atoms with Crippen LogP contribution in [0.25, 0.3) is 0 Å². The maximum Gasteiger partial charge on any atom is 0.338 e. The summed E-state index contributed by atoms with van der Waals surface area (Å²) in [7, 11) is 1.41. The first kappa shape index (κ1) is 18.1. The molecule has 0 fully saturated rings. The predicted octanol–water partition coefficient (Wildman–Crippen LogP) is 4.43. The zero-order chi connectivity index (χ0) is 17.7. The van der Waals surface area contributed by atoms with Crippen molar-refractivity contribution in [2.75, 3.05) is 19.0 Å². The van der Waals surface area contributed by atoms with Crippen LogP contribution in [-0.4, -0.2) is 25.6 Å². The molecule has 0 atom stereocenters. The average Bonchev–Trinajstić information content (AvgIpc) is 2.54. The highest BCUT2D eigenvalue weighted by atomic mass is 35.5. The molecule has 0 unspecified atom stereocenters. The highest BCUT2D eigenvalue weighted by Crippen LogP contribution is 2.32. The molecular weight excluding hydrogens is 353 g/mol. The van der Waals surface area contributed by atoms with Gasteiger partial charge in [0.05, 0.1) is 29.9 Å². The topological polar surface area (TPSA) is 64.6 Å². The van der Waals surface area contributed by atoms with Crippen LogP contribution in [0.15, 0.2) is 36.4 Å². The number of hydrogen-bond donors (Lipinski definition) is 1. The van der Waals surface area contributed by atoms with Gasteiger partial charge in [0.25, 0.3) is 5.91 Å². The molecule has 0 bridgehead atoms. The number of rotatable bonds is 5. The predicted molar refractivity (Wildman–Crippen MR) is 93.4 cm³/mol. The van der Waals surface area contributed by atoms with Crippen LogP contribution < -0.4 is 10.1 Å². The second-order valence-electron chi connectivity index (χ2n) is 4.72. The standard InChI is InChI=1S/C17H15Cl2NO4/c1-3-24-17(22)10-5-4-6-12(7-10)20-16(21)13-8-11(18)9-14(19)15(13)23-2/h4-9H,3H2,1-2H3,(H,20,21). The molecule has 7 heteroatoms. The average molecular weight is 368 g/mol. The van der Waals surface area contributed by atoms with Gasteiger partial charge in [0.2, 0.25) is 0 Å². The van der Waals surface area contributed by atoms with Crippen LogP contribution in [0.4, 0.5) is 5.69 Å². The van der Waals surface area contributed by atoms with Gasteiger partial charge in [0.1, 0.15) is 5.75 Å². The first-order valence-electron chi connectivity index (χ1n) is 7.07. The fourth-order valence-electron chi connectivity index (χ4n) is 2.07. The number of amides is 1. The first-order chi connectivity index (χ1) is 11.5. The lowest BCUT2D eigenvalue weighted by atomic mass is 10.1. The van der Waals surface area contributed by atoms with E-state index >= 15 is 0 Å². The third-order valence-corrected chi connectivity index (χ3v) is 3.59. The van der Waals surface area contributed by atoms with Crippen molar-refractivity contribution in [3.05, 3.63) is 57.6 Å². The van der Waals surface area contributed by atoms with E-state index in [9.17, 15) is 9.59 Å². The van der Waals surface area contributed by atoms with E-state index in [0.717, 1.165) is 0 Å². The Bertz CT molecular complexity index is 777. The van der Waals surface area contributed by atoms with E-state index in [2.05, 4.69) is 5.32 Å². The second kappa shape index (κ2) is 8.04. The van der Waals surface area contributed by atoms with E-state index in [1.54, 1.807) is 25.1 Å². The molecule has 0 aliphatic rings. The Hall–Kier alpha value is -2.24. The van der Waals surface area contributed by atoms with Gasteiger partial charge in [-0.15, -0.1) is 0 Å². The number of benzene rings is 2. The third-order valence-electron chi connectivity index (χ3n) is 3.09. The number of methoxy groups -OCH3 is 1. The summed E-state index contributed by atoms with van der Waals surface area (Å²) in [6.45, 7) is 1.99. The van der Waals surface area contributed by atoms with Crippen LogP contribution in [-0.2, 0) is 4.74 Å². The molecule has 0 aliphatic heterocycles. The zero-order valence-corrected chi connectivity index (χ0v) is 14.6. The van der Waals surface area contributed by atoms with E-state index in [-0.39, 0.29) is 22.9 Å². The van der Waals surface area contributed by atoms with Gasteiger partial charge in [-0.3, -0.25) is 4.79 Å². The largest absolute Gasteiger partial charge is 0.494 e. The van der Waals surface area contributed by atoms with E-state index in [0.29, 0.717) is 16.3 Å². The molecule has 0 aromatic heterocycles. The molecule has 0 spiro atoms. The maximum absolute atomic E-state index is 12.5. The van der Waals surface area contributed by atoms with Gasteiger partial charge in [-0.25, -0.2) is 4.79 Å².